The fraction of sp³-hybridized carbons (Fsp3) is 0.0769. The second-order valence-corrected chi connectivity index (χ2v) is 8.73. The molecule has 1 N–H and O–H groups in total. The highest BCUT2D eigenvalue weighted by atomic mass is 32.1. The normalized spacial score (nSPS) is 14.4. The molecule has 1 aliphatic rings. The van der Waals surface area contributed by atoms with Gasteiger partial charge in [0.05, 0.1) is 17.1 Å². The highest BCUT2D eigenvalue weighted by Crippen LogP contribution is 2.34. The largest absolute Gasteiger partial charge is 0.455 e. The van der Waals surface area contributed by atoms with Crippen LogP contribution in [0.1, 0.15) is 11.8 Å². The van der Waals surface area contributed by atoms with E-state index in [9.17, 15) is 4.79 Å². The molecule has 4 aromatic rings. The lowest BCUT2D eigenvalue weighted by Crippen LogP contribution is -2.27. The van der Waals surface area contributed by atoms with Crippen molar-refractivity contribution in [1.82, 2.24) is 4.98 Å². The number of anilines is 2. The molecule has 0 aliphatic carbocycles. The second-order valence-electron chi connectivity index (χ2n) is 7.55. The van der Waals surface area contributed by atoms with Gasteiger partial charge in [0, 0.05) is 10.4 Å². The molecule has 0 saturated heterocycles. The number of hydrogen-bond donors (Lipinski definition) is 1. The molecule has 1 aromatic heterocycles. The molecule has 1 aliphatic heterocycles. The summed E-state index contributed by atoms with van der Waals surface area (Å²) in [4.78, 5) is 18.8. The van der Waals surface area contributed by atoms with Crippen LogP contribution >= 0.6 is 11.3 Å². The van der Waals surface area contributed by atoms with Gasteiger partial charge in [-0.15, -0.1) is 0 Å². The zero-order valence-corrected chi connectivity index (χ0v) is 19.4. The lowest BCUT2D eigenvalue weighted by molar-refractivity contribution is -0.112. The molecule has 8 heteroatoms. The number of thiazole rings is 1. The first-order valence-corrected chi connectivity index (χ1v) is 11.5. The van der Waals surface area contributed by atoms with Crippen LogP contribution in [-0.2, 0) is 4.79 Å². The number of ether oxygens (including phenoxy) is 1. The van der Waals surface area contributed by atoms with Gasteiger partial charge in [-0.3, -0.25) is 10.2 Å². The minimum Gasteiger partial charge on any atom is -0.455 e. The van der Waals surface area contributed by atoms with E-state index in [2.05, 4.69) is 20.6 Å². The van der Waals surface area contributed by atoms with Gasteiger partial charge in [-0.25, -0.2) is 4.98 Å². The number of hydrazone groups is 2. The van der Waals surface area contributed by atoms with Crippen LogP contribution < -0.4 is 15.2 Å². The van der Waals surface area contributed by atoms with Crippen molar-refractivity contribution in [2.24, 2.45) is 10.2 Å². The van der Waals surface area contributed by atoms with Crippen LogP contribution in [0.5, 0.6) is 11.5 Å². The first kappa shape index (κ1) is 21.5. The van der Waals surface area contributed by atoms with Crippen LogP contribution in [0.3, 0.4) is 0 Å². The number of benzene rings is 3. The molecule has 0 saturated carbocycles. The van der Waals surface area contributed by atoms with Gasteiger partial charge in [0.1, 0.15) is 5.75 Å². The Morgan fingerprint density at radius 2 is 1.59 bits per heavy atom. The van der Waals surface area contributed by atoms with E-state index in [1.54, 1.807) is 6.92 Å². The zero-order chi connectivity index (χ0) is 23.5. The third-order valence-electron chi connectivity index (χ3n) is 5.15. The van der Waals surface area contributed by atoms with Crippen molar-refractivity contribution in [3.63, 3.8) is 0 Å². The summed E-state index contributed by atoms with van der Waals surface area (Å²) >= 11 is 1.42. The summed E-state index contributed by atoms with van der Waals surface area (Å²) < 4.78 is 5.96. The summed E-state index contributed by atoms with van der Waals surface area (Å²) in [6.07, 6.45) is 0. The van der Waals surface area contributed by atoms with E-state index in [1.807, 2.05) is 91.9 Å². The number of aromatic nitrogens is 1. The summed E-state index contributed by atoms with van der Waals surface area (Å²) in [7, 11) is 0. The summed E-state index contributed by atoms with van der Waals surface area (Å²) in [6, 6.07) is 26.8. The molecule has 0 atom stereocenters. The summed E-state index contributed by atoms with van der Waals surface area (Å²) in [5.41, 5.74) is 6.18. The highest BCUT2D eigenvalue weighted by molar-refractivity contribution is 7.16. The Hall–Kier alpha value is -4.30. The van der Waals surface area contributed by atoms with Gasteiger partial charge in [0.15, 0.2) is 11.5 Å². The number of amides is 1. The predicted octanol–water partition coefficient (Wildman–Crippen LogP) is 6.10. The highest BCUT2D eigenvalue weighted by Gasteiger charge is 2.33. The van der Waals surface area contributed by atoms with E-state index in [4.69, 9.17) is 4.74 Å². The lowest BCUT2D eigenvalue weighted by atomic mass is 10.1. The summed E-state index contributed by atoms with van der Waals surface area (Å²) in [5.74, 6) is 0.969. The quantitative estimate of drug-likeness (QED) is 0.348. The van der Waals surface area contributed by atoms with Gasteiger partial charge in [-0.1, -0.05) is 72.0 Å². The molecule has 2 heterocycles. The van der Waals surface area contributed by atoms with Gasteiger partial charge < -0.3 is 4.74 Å². The number of rotatable bonds is 6. The van der Waals surface area contributed by atoms with E-state index in [0.717, 1.165) is 16.1 Å². The van der Waals surface area contributed by atoms with E-state index in [0.29, 0.717) is 28.0 Å². The molecule has 168 valence electrons. The van der Waals surface area contributed by atoms with Crippen molar-refractivity contribution in [2.75, 3.05) is 10.4 Å². The molecule has 0 fully saturated rings. The van der Waals surface area contributed by atoms with E-state index >= 15 is 0 Å². The van der Waals surface area contributed by atoms with Crippen LogP contribution in [0.2, 0.25) is 0 Å². The van der Waals surface area contributed by atoms with Gasteiger partial charge in [0.2, 0.25) is 5.13 Å². The molecular formula is C26H21N5O2S. The van der Waals surface area contributed by atoms with Crippen LogP contribution in [0.15, 0.2) is 95.1 Å². The number of aryl methyl sites for hydroxylation is 1. The summed E-state index contributed by atoms with van der Waals surface area (Å²) in [5, 5.41) is 10.6. The van der Waals surface area contributed by atoms with Crippen molar-refractivity contribution in [3.05, 3.63) is 89.8 Å². The molecule has 1 amide bonds. The third kappa shape index (κ3) is 4.31. The Labute approximate surface area is 201 Å². The zero-order valence-electron chi connectivity index (χ0n) is 18.6. The Balaban J connectivity index is 1.37. The molecule has 0 radical (unpaired) electrons. The molecule has 5 rings (SSSR count). The van der Waals surface area contributed by atoms with Gasteiger partial charge in [0.25, 0.3) is 0 Å². The Kier molecular flexibility index (Phi) is 5.88. The molecule has 3 aromatic carbocycles. The first-order valence-electron chi connectivity index (χ1n) is 10.7. The standard InChI is InChI=1S/C26H21N5O2S/c1-17-23(29-28-21-15-9-10-16-22(21)33-20-13-7-4-8-14-20)25(32)31(30-17)26-27-24(18(2)34-26)19-11-5-3-6-12-19/h3-16,28H,1-2H3/b29-23+. The van der Waals surface area contributed by atoms with Crippen molar-refractivity contribution in [3.8, 4) is 22.8 Å². The van der Waals surface area contributed by atoms with Gasteiger partial charge >= 0.3 is 5.91 Å². The van der Waals surface area contributed by atoms with Crippen molar-refractivity contribution in [2.45, 2.75) is 13.8 Å². The Morgan fingerprint density at radius 3 is 2.35 bits per heavy atom. The molecule has 0 unspecified atom stereocenters. The number of nitrogens with one attached hydrogen (secondary N) is 1. The maximum atomic E-state index is 13.1. The smallest absolute Gasteiger partial charge is 0.303 e. The molecular weight excluding hydrogens is 446 g/mol. The van der Waals surface area contributed by atoms with E-state index < -0.39 is 0 Å². The van der Waals surface area contributed by atoms with Crippen molar-refractivity contribution < 1.29 is 9.53 Å². The SMILES string of the molecule is CC1=NN(c2nc(-c3ccccc3)c(C)s2)C(=O)/C1=N/Nc1ccccc1Oc1ccccc1. The summed E-state index contributed by atoms with van der Waals surface area (Å²) in [6.45, 7) is 3.74. The minimum absolute atomic E-state index is 0.226. The Bertz CT molecular complexity index is 1400. The average molecular weight is 468 g/mol. The molecule has 34 heavy (non-hydrogen) atoms. The predicted molar refractivity (Wildman–Crippen MR) is 137 cm³/mol. The van der Waals surface area contributed by atoms with Crippen LogP contribution in [-0.4, -0.2) is 22.3 Å². The van der Waals surface area contributed by atoms with Crippen LogP contribution in [0.4, 0.5) is 10.8 Å². The molecule has 0 bridgehead atoms. The lowest BCUT2D eigenvalue weighted by Gasteiger charge is -2.11. The fourth-order valence-electron chi connectivity index (χ4n) is 3.47. The number of carbonyl (C=O) groups is 1. The fourth-order valence-corrected chi connectivity index (χ4v) is 4.35. The van der Waals surface area contributed by atoms with E-state index in [1.165, 1.54) is 16.3 Å². The van der Waals surface area contributed by atoms with Crippen LogP contribution in [0, 0.1) is 6.92 Å². The van der Waals surface area contributed by atoms with Crippen molar-refractivity contribution >= 4 is 39.5 Å². The van der Waals surface area contributed by atoms with E-state index in [-0.39, 0.29) is 11.6 Å². The molecule has 7 nitrogen and oxygen atoms in total. The third-order valence-corrected chi connectivity index (χ3v) is 6.09. The van der Waals surface area contributed by atoms with Crippen LogP contribution in [0.25, 0.3) is 11.3 Å². The van der Waals surface area contributed by atoms with Crippen molar-refractivity contribution in [1.29, 1.82) is 0 Å². The van der Waals surface area contributed by atoms with Gasteiger partial charge in [-0.05, 0) is 38.1 Å². The Morgan fingerprint density at radius 1 is 0.912 bits per heavy atom. The maximum Gasteiger partial charge on any atom is 0.303 e. The second kappa shape index (κ2) is 9.29. The number of nitrogens with zero attached hydrogens (tertiary/aromatic N) is 4. The monoisotopic (exact) mass is 467 g/mol. The van der Waals surface area contributed by atoms with Gasteiger partial charge in [-0.2, -0.15) is 15.2 Å². The average Bonchev–Trinajstić information content (AvgIpc) is 3.38. The maximum absolute atomic E-state index is 13.1. The number of para-hydroxylation sites is 3. The first-order chi connectivity index (χ1) is 16.6. The topological polar surface area (TPSA) is 79.2 Å². The number of hydrogen-bond acceptors (Lipinski definition) is 7. The number of carbonyl (C=O) groups excluding carboxylic acids is 1. The molecule has 0 spiro atoms. The minimum atomic E-state index is -0.333.